The van der Waals surface area contributed by atoms with E-state index in [0.717, 1.165) is 44.1 Å². The molecule has 2 fully saturated rings. The van der Waals surface area contributed by atoms with Crippen LogP contribution in [-0.2, 0) is 32.7 Å². The Balaban J connectivity index is 1.27. The molecule has 2 bridgehead atoms. The predicted molar refractivity (Wildman–Crippen MR) is 138 cm³/mol. The highest BCUT2D eigenvalue weighted by Crippen LogP contribution is 2.56. The lowest BCUT2D eigenvalue weighted by atomic mass is 9.52. The van der Waals surface area contributed by atoms with Gasteiger partial charge in [-0.25, -0.2) is 9.59 Å². The van der Waals surface area contributed by atoms with Crippen molar-refractivity contribution in [3.05, 3.63) is 65.2 Å². The molecule has 1 amide bonds. The van der Waals surface area contributed by atoms with E-state index in [4.69, 9.17) is 18.9 Å². The second-order valence-electron chi connectivity index (χ2n) is 10.4. The summed E-state index contributed by atoms with van der Waals surface area (Å²) in [6, 6.07) is 16.2. The molecule has 0 spiro atoms. The van der Waals surface area contributed by atoms with Crippen LogP contribution in [0.15, 0.2) is 48.5 Å². The van der Waals surface area contributed by atoms with Crippen LogP contribution in [0, 0.1) is 5.92 Å². The smallest absolute Gasteiger partial charge is 0.457 e. The summed E-state index contributed by atoms with van der Waals surface area (Å²) < 4.78 is 21.6. The fraction of sp³-hybridized carbons (Fsp3) is 0.533. The first-order valence-corrected chi connectivity index (χ1v) is 13.6. The zero-order valence-corrected chi connectivity index (χ0v) is 21.7. The van der Waals surface area contributed by atoms with Crippen LogP contribution in [-0.4, -0.2) is 43.1 Å². The van der Waals surface area contributed by atoms with Gasteiger partial charge in [-0.3, -0.25) is 0 Å². The Hall–Kier alpha value is -3.22. The Morgan fingerprint density at radius 1 is 1.03 bits per heavy atom. The number of ether oxygens (including phenoxy) is 4. The van der Waals surface area contributed by atoms with E-state index in [2.05, 4.69) is 12.1 Å². The lowest BCUT2D eigenvalue weighted by molar-refractivity contribution is -0.0144. The minimum absolute atomic E-state index is 0.0476. The van der Waals surface area contributed by atoms with Crippen LogP contribution >= 0.6 is 0 Å². The summed E-state index contributed by atoms with van der Waals surface area (Å²) in [6.45, 7) is 3.21. The van der Waals surface area contributed by atoms with E-state index in [1.165, 1.54) is 24.0 Å². The molecule has 0 radical (unpaired) electrons. The number of carbonyl (C=O) groups excluding carboxylic acids is 2. The average Bonchev–Trinajstić information content (AvgIpc) is 2.93. The van der Waals surface area contributed by atoms with Gasteiger partial charge in [0.05, 0.1) is 6.61 Å². The molecule has 1 aliphatic heterocycles. The van der Waals surface area contributed by atoms with Crippen molar-refractivity contribution in [2.45, 2.75) is 76.4 Å². The molecule has 7 heteroatoms. The molecule has 37 heavy (non-hydrogen) atoms. The standard InChI is InChI=1S/C30H37NO6/c1-2-3-17-34-29(33)37-21-36-24-13-12-23-18-27-25-11-7-8-14-30(25,26(23)19-24)15-16-31(27)28(32)35-20-22-9-5-4-6-10-22/h4-6,9-10,12-13,19,25,27H,2-3,7-8,11,14-18,20-21H2,1H3/t25-,27+,30+/m0/s1. The Bertz CT molecular complexity index is 1090. The number of hydrogen-bond donors (Lipinski definition) is 0. The maximum absolute atomic E-state index is 13.2. The van der Waals surface area contributed by atoms with Crippen molar-refractivity contribution in [2.24, 2.45) is 5.92 Å². The van der Waals surface area contributed by atoms with Crippen LogP contribution in [0.4, 0.5) is 9.59 Å². The van der Waals surface area contributed by atoms with Crippen molar-refractivity contribution in [2.75, 3.05) is 19.9 Å². The van der Waals surface area contributed by atoms with Crippen molar-refractivity contribution < 1.29 is 28.5 Å². The SMILES string of the molecule is CCCCOC(=O)OCOc1ccc2c(c1)[C@@]13CCCC[C@H]1[C@@H](C2)N(C(=O)OCc1ccccc1)CC3. The van der Waals surface area contributed by atoms with Crippen molar-refractivity contribution in [1.29, 1.82) is 0 Å². The lowest BCUT2D eigenvalue weighted by Gasteiger charge is -2.58. The third-order valence-electron chi connectivity index (χ3n) is 8.37. The fourth-order valence-electron chi connectivity index (χ4n) is 6.59. The van der Waals surface area contributed by atoms with Gasteiger partial charge in [0.2, 0.25) is 6.79 Å². The first-order chi connectivity index (χ1) is 18.1. The molecular weight excluding hydrogens is 470 g/mol. The zero-order valence-electron chi connectivity index (χ0n) is 21.7. The summed E-state index contributed by atoms with van der Waals surface area (Å²) in [6.07, 6.45) is 7.22. The molecule has 1 heterocycles. The molecule has 1 saturated heterocycles. The Morgan fingerprint density at radius 2 is 1.89 bits per heavy atom. The summed E-state index contributed by atoms with van der Waals surface area (Å²) in [4.78, 5) is 26.9. The number of rotatable bonds is 8. The second kappa shape index (κ2) is 11.4. The van der Waals surface area contributed by atoms with Crippen LogP contribution in [0.2, 0.25) is 0 Å². The van der Waals surface area contributed by atoms with Gasteiger partial charge in [-0.05, 0) is 66.8 Å². The zero-order chi connectivity index (χ0) is 25.7. The number of likely N-dealkylation sites (tertiary alicyclic amines) is 1. The highest BCUT2D eigenvalue weighted by atomic mass is 16.8. The molecule has 7 nitrogen and oxygen atoms in total. The van der Waals surface area contributed by atoms with Gasteiger partial charge in [0.1, 0.15) is 12.4 Å². The first kappa shape index (κ1) is 25.4. The van der Waals surface area contributed by atoms with Gasteiger partial charge in [0, 0.05) is 18.0 Å². The van der Waals surface area contributed by atoms with Gasteiger partial charge in [-0.1, -0.05) is 62.6 Å². The molecule has 198 valence electrons. The molecular formula is C30H37NO6. The third kappa shape index (κ3) is 5.41. The van der Waals surface area contributed by atoms with Crippen LogP contribution in [0.5, 0.6) is 5.75 Å². The molecule has 2 aromatic rings. The van der Waals surface area contributed by atoms with Gasteiger partial charge >= 0.3 is 12.2 Å². The van der Waals surface area contributed by atoms with Gasteiger partial charge in [-0.2, -0.15) is 0 Å². The molecule has 2 aromatic carbocycles. The van der Waals surface area contributed by atoms with Crippen LogP contribution < -0.4 is 4.74 Å². The number of carbonyl (C=O) groups is 2. The molecule has 3 atom stereocenters. The molecule has 3 aliphatic rings. The molecule has 0 unspecified atom stereocenters. The topological polar surface area (TPSA) is 74.3 Å². The highest BCUT2D eigenvalue weighted by Gasteiger charge is 2.55. The molecule has 2 aliphatic carbocycles. The van der Waals surface area contributed by atoms with Crippen LogP contribution in [0.3, 0.4) is 0 Å². The molecule has 1 saturated carbocycles. The normalized spacial score (nSPS) is 23.9. The summed E-state index contributed by atoms with van der Waals surface area (Å²) in [5.74, 6) is 1.11. The Labute approximate surface area is 219 Å². The quantitative estimate of drug-likeness (QED) is 0.235. The summed E-state index contributed by atoms with van der Waals surface area (Å²) >= 11 is 0. The molecule has 0 N–H and O–H groups in total. The average molecular weight is 508 g/mol. The van der Waals surface area contributed by atoms with E-state index in [9.17, 15) is 9.59 Å². The number of hydrogen-bond acceptors (Lipinski definition) is 6. The molecule has 0 aromatic heterocycles. The van der Waals surface area contributed by atoms with Crippen LogP contribution in [0.1, 0.15) is 68.6 Å². The van der Waals surface area contributed by atoms with Crippen molar-refractivity contribution in [3.8, 4) is 5.75 Å². The molecule has 5 rings (SSSR count). The number of piperidine rings is 1. The van der Waals surface area contributed by atoms with Crippen LogP contribution in [0.25, 0.3) is 0 Å². The van der Waals surface area contributed by atoms with Crippen molar-refractivity contribution in [1.82, 2.24) is 4.90 Å². The number of nitrogens with zero attached hydrogens (tertiary/aromatic N) is 1. The predicted octanol–water partition coefficient (Wildman–Crippen LogP) is 6.37. The number of benzene rings is 2. The fourth-order valence-corrected chi connectivity index (χ4v) is 6.59. The Kier molecular flexibility index (Phi) is 7.87. The monoisotopic (exact) mass is 507 g/mol. The van der Waals surface area contributed by atoms with E-state index < -0.39 is 6.16 Å². The number of fused-ring (bicyclic) bond motifs is 1. The minimum atomic E-state index is -0.702. The van der Waals surface area contributed by atoms with Crippen molar-refractivity contribution >= 4 is 12.2 Å². The maximum atomic E-state index is 13.2. The maximum Gasteiger partial charge on any atom is 0.511 e. The largest absolute Gasteiger partial charge is 0.511 e. The summed E-state index contributed by atoms with van der Waals surface area (Å²) in [5, 5.41) is 0. The highest BCUT2D eigenvalue weighted by molar-refractivity contribution is 5.69. The van der Waals surface area contributed by atoms with E-state index >= 15 is 0 Å². The minimum Gasteiger partial charge on any atom is -0.457 e. The van der Waals surface area contributed by atoms with E-state index in [-0.39, 0.29) is 24.3 Å². The first-order valence-electron chi connectivity index (χ1n) is 13.6. The van der Waals surface area contributed by atoms with E-state index in [1.54, 1.807) is 0 Å². The second-order valence-corrected chi connectivity index (χ2v) is 10.4. The van der Waals surface area contributed by atoms with Gasteiger partial charge in [-0.15, -0.1) is 0 Å². The Morgan fingerprint density at radius 3 is 2.73 bits per heavy atom. The number of unbranched alkanes of at least 4 members (excludes halogenated alkanes) is 1. The van der Waals surface area contributed by atoms with Gasteiger partial charge in [0.15, 0.2) is 0 Å². The van der Waals surface area contributed by atoms with Gasteiger partial charge in [0.25, 0.3) is 0 Å². The lowest BCUT2D eigenvalue weighted by Crippen LogP contribution is -2.62. The van der Waals surface area contributed by atoms with Crippen molar-refractivity contribution in [3.63, 3.8) is 0 Å². The summed E-state index contributed by atoms with van der Waals surface area (Å²) in [5.41, 5.74) is 3.66. The van der Waals surface area contributed by atoms with Gasteiger partial charge < -0.3 is 23.8 Å². The third-order valence-corrected chi connectivity index (χ3v) is 8.37. The summed E-state index contributed by atoms with van der Waals surface area (Å²) in [7, 11) is 0. The van der Waals surface area contributed by atoms with E-state index in [1.807, 2.05) is 48.2 Å². The van der Waals surface area contributed by atoms with E-state index in [0.29, 0.717) is 31.4 Å². The number of amides is 1.